The fourth-order valence-electron chi connectivity index (χ4n) is 1.82. The Labute approximate surface area is 89.1 Å². The number of nitrogens with zero attached hydrogens (tertiary/aromatic N) is 3. The van der Waals surface area contributed by atoms with Gasteiger partial charge in [-0.3, -0.25) is 0 Å². The van der Waals surface area contributed by atoms with Crippen LogP contribution in [0.25, 0.3) is 11.2 Å². The number of hydrogen-bond donors (Lipinski definition) is 1. The molecule has 1 unspecified atom stereocenters. The predicted molar refractivity (Wildman–Crippen MR) is 60.3 cm³/mol. The molecule has 80 valence electrons. The maximum absolute atomic E-state index is 6.06. The maximum atomic E-state index is 6.06. The lowest BCUT2D eigenvalue weighted by Gasteiger charge is -2.09. The molecule has 2 rings (SSSR count). The van der Waals surface area contributed by atoms with E-state index < -0.39 is 0 Å². The highest BCUT2D eigenvalue weighted by Gasteiger charge is 2.14. The average molecular weight is 204 g/mol. The van der Waals surface area contributed by atoms with E-state index in [9.17, 15) is 0 Å². The lowest BCUT2D eigenvalue weighted by Crippen LogP contribution is -2.14. The molecule has 15 heavy (non-hydrogen) atoms. The van der Waals surface area contributed by atoms with E-state index in [4.69, 9.17) is 5.73 Å². The molecule has 0 saturated carbocycles. The van der Waals surface area contributed by atoms with Crippen LogP contribution in [0.1, 0.15) is 31.6 Å². The molecule has 0 spiro atoms. The normalized spacial score (nSPS) is 13.3. The summed E-state index contributed by atoms with van der Waals surface area (Å²) >= 11 is 0. The number of imidazole rings is 1. The Morgan fingerprint density at radius 3 is 3.00 bits per heavy atom. The smallest absolute Gasteiger partial charge is 0.177 e. The average Bonchev–Trinajstić information content (AvgIpc) is 2.57. The summed E-state index contributed by atoms with van der Waals surface area (Å²) in [6.07, 6.45) is 3.78. The van der Waals surface area contributed by atoms with Crippen molar-refractivity contribution >= 4 is 11.2 Å². The summed E-state index contributed by atoms with van der Waals surface area (Å²) in [5, 5.41) is 0. The molecule has 4 nitrogen and oxygen atoms in total. The van der Waals surface area contributed by atoms with Crippen LogP contribution in [0.3, 0.4) is 0 Å². The molecule has 0 aliphatic carbocycles. The van der Waals surface area contributed by atoms with E-state index in [0.717, 1.165) is 29.8 Å². The molecule has 0 fully saturated rings. The van der Waals surface area contributed by atoms with Gasteiger partial charge < -0.3 is 10.3 Å². The number of aromatic nitrogens is 3. The molecule has 2 aromatic heterocycles. The summed E-state index contributed by atoms with van der Waals surface area (Å²) in [5.74, 6) is 0.922. The van der Waals surface area contributed by atoms with Crippen LogP contribution in [-0.2, 0) is 7.05 Å². The van der Waals surface area contributed by atoms with Crippen LogP contribution in [-0.4, -0.2) is 14.5 Å². The van der Waals surface area contributed by atoms with Gasteiger partial charge in [0.15, 0.2) is 5.65 Å². The number of hydrogen-bond acceptors (Lipinski definition) is 3. The monoisotopic (exact) mass is 204 g/mol. The second-order valence-corrected chi connectivity index (χ2v) is 3.77. The summed E-state index contributed by atoms with van der Waals surface area (Å²) in [6.45, 7) is 2.13. The zero-order valence-corrected chi connectivity index (χ0v) is 9.14. The van der Waals surface area contributed by atoms with E-state index in [1.807, 2.05) is 23.7 Å². The summed E-state index contributed by atoms with van der Waals surface area (Å²) in [5.41, 5.74) is 7.88. The first kappa shape index (κ1) is 10.1. The Morgan fingerprint density at radius 2 is 2.33 bits per heavy atom. The number of rotatable bonds is 3. The van der Waals surface area contributed by atoms with Crippen LogP contribution in [0.5, 0.6) is 0 Å². The van der Waals surface area contributed by atoms with Crippen molar-refractivity contribution in [2.75, 3.05) is 0 Å². The van der Waals surface area contributed by atoms with Gasteiger partial charge in [-0.05, 0) is 18.6 Å². The van der Waals surface area contributed by atoms with Crippen LogP contribution in [0.2, 0.25) is 0 Å². The number of nitrogens with two attached hydrogens (primary N) is 1. The molecule has 2 heterocycles. The molecule has 2 N–H and O–H groups in total. The van der Waals surface area contributed by atoms with E-state index in [-0.39, 0.29) is 6.04 Å². The Morgan fingerprint density at radius 1 is 1.53 bits per heavy atom. The first-order valence-corrected chi connectivity index (χ1v) is 5.27. The van der Waals surface area contributed by atoms with Crippen LogP contribution < -0.4 is 5.73 Å². The second kappa shape index (κ2) is 3.98. The summed E-state index contributed by atoms with van der Waals surface area (Å²) < 4.78 is 2.03. The van der Waals surface area contributed by atoms with E-state index in [1.165, 1.54) is 0 Å². The molecule has 0 saturated heterocycles. The molecule has 0 radical (unpaired) electrons. The van der Waals surface area contributed by atoms with Crippen LogP contribution in [0.4, 0.5) is 0 Å². The van der Waals surface area contributed by atoms with Gasteiger partial charge in [0.25, 0.3) is 0 Å². The molecule has 0 bridgehead atoms. The van der Waals surface area contributed by atoms with Gasteiger partial charge in [-0.25, -0.2) is 9.97 Å². The van der Waals surface area contributed by atoms with Crippen LogP contribution >= 0.6 is 0 Å². The number of fused-ring (bicyclic) bond motifs is 1. The van der Waals surface area contributed by atoms with Gasteiger partial charge in [0.1, 0.15) is 5.82 Å². The maximum Gasteiger partial charge on any atom is 0.177 e. The zero-order chi connectivity index (χ0) is 10.8. The van der Waals surface area contributed by atoms with Gasteiger partial charge in [-0.15, -0.1) is 0 Å². The van der Waals surface area contributed by atoms with Crippen molar-refractivity contribution in [2.45, 2.75) is 25.8 Å². The predicted octanol–water partition coefficient (Wildman–Crippen LogP) is 1.77. The van der Waals surface area contributed by atoms with E-state index in [2.05, 4.69) is 16.9 Å². The highest BCUT2D eigenvalue weighted by molar-refractivity contribution is 5.71. The van der Waals surface area contributed by atoms with Crippen molar-refractivity contribution in [3.05, 3.63) is 24.2 Å². The number of aryl methyl sites for hydroxylation is 1. The highest BCUT2D eigenvalue weighted by atomic mass is 15.1. The van der Waals surface area contributed by atoms with Crippen molar-refractivity contribution in [1.82, 2.24) is 14.5 Å². The van der Waals surface area contributed by atoms with E-state index >= 15 is 0 Å². The van der Waals surface area contributed by atoms with Crippen molar-refractivity contribution in [3.8, 4) is 0 Å². The molecule has 2 aromatic rings. The summed E-state index contributed by atoms with van der Waals surface area (Å²) in [6, 6.07) is 3.94. The lowest BCUT2D eigenvalue weighted by molar-refractivity contribution is 0.584. The molecule has 0 aliphatic rings. The molecule has 4 heteroatoms. The fraction of sp³-hybridized carbons (Fsp3) is 0.455. The minimum atomic E-state index is 0.00852. The molecule has 0 aliphatic heterocycles. The standard InChI is InChI=1S/C11H16N4/c1-3-5-8(12)11-14-10-9(15(11)2)6-4-7-13-10/h4,6-8H,3,5,12H2,1-2H3. The minimum Gasteiger partial charge on any atom is -0.328 e. The lowest BCUT2D eigenvalue weighted by atomic mass is 10.2. The third-order valence-electron chi connectivity index (χ3n) is 2.62. The van der Waals surface area contributed by atoms with Crippen molar-refractivity contribution in [1.29, 1.82) is 0 Å². The first-order valence-electron chi connectivity index (χ1n) is 5.27. The van der Waals surface area contributed by atoms with Crippen molar-refractivity contribution in [3.63, 3.8) is 0 Å². The van der Waals surface area contributed by atoms with Gasteiger partial charge in [0, 0.05) is 13.2 Å². The molecular weight excluding hydrogens is 188 g/mol. The highest BCUT2D eigenvalue weighted by Crippen LogP contribution is 2.19. The third-order valence-corrected chi connectivity index (χ3v) is 2.62. The molecule has 1 atom stereocenters. The SMILES string of the molecule is CCCC(N)c1nc2ncccc2n1C. The zero-order valence-electron chi connectivity index (χ0n) is 9.14. The molecule has 0 amide bonds. The van der Waals surface area contributed by atoms with Gasteiger partial charge >= 0.3 is 0 Å². The summed E-state index contributed by atoms with van der Waals surface area (Å²) in [7, 11) is 1.99. The van der Waals surface area contributed by atoms with Gasteiger partial charge in [0.05, 0.1) is 11.6 Å². The summed E-state index contributed by atoms with van der Waals surface area (Å²) in [4.78, 5) is 8.68. The molecule has 0 aromatic carbocycles. The minimum absolute atomic E-state index is 0.00852. The Hall–Kier alpha value is -1.42. The first-order chi connectivity index (χ1) is 7.24. The van der Waals surface area contributed by atoms with Crippen LogP contribution in [0.15, 0.2) is 18.3 Å². The Balaban J connectivity index is 2.48. The second-order valence-electron chi connectivity index (χ2n) is 3.77. The number of pyridine rings is 1. The van der Waals surface area contributed by atoms with Gasteiger partial charge in [-0.1, -0.05) is 13.3 Å². The van der Waals surface area contributed by atoms with Gasteiger partial charge in [0.2, 0.25) is 0 Å². The van der Waals surface area contributed by atoms with E-state index in [0.29, 0.717) is 0 Å². The van der Waals surface area contributed by atoms with Crippen LogP contribution in [0, 0.1) is 0 Å². The molecular formula is C11H16N4. The Bertz CT molecular complexity index is 461. The largest absolute Gasteiger partial charge is 0.328 e. The fourth-order valence-corrected chi connectivity index (χ4v) is 1.82. The van der Waals surface area contributed by atoms with Crippen molar-refractivity contribution < 1.29 is 0 Å². The topological polar surface area (TPSA) is 56.7 Å². The quantitative estimate of drug-likeness (QED) is 0.829. The Kier molecular flexibility index (Phi) is 2.68. The third kappa shape index (κ3) is 1.72. The van der Waals surface area contributed by atoms with E-state index in [1.54, 1.807) is 6.20 Å². The van der Waals surface area contributed by atoms with Gasteiger partial charge in [-0.2, -0.15) is 0 Å². The van der Waals surface area contributed by atoms with Crippen molar-refractivity contribution in [2.24, 2.45) is 12.8 Å².